The maximum absolute atomic E-state index is 12.7. The summed E-state index contributed by atoms with van der Waals surface area (Å²) in [5.74, 6) is -0.328. The van der Waals surface area contributed by atoms with Gasteiger partial charge in [0.1, 0.15) is 30.5 Å². The molecule has 49 heavy (non-hydrogen) atoms. The fourth-order valence-corrected chi connectivity index (χ4v) is 5.93. The van der Waals surface area contributed by atoms with Crippen LogP contribution >= 0.6 is 0 Å². The van der Waals surface area contributed by atoms with Crippen LogP contribution in [0.2, 0.25) is 0 Å². The van der Waals surface area contributed by atoms with Crippen LogP contribution in [0.25, 0.3) is 0 Å². The number of esters is 1. The molecular weight excluding hydrogens is 624 g/mol. The summed E-state index contributed by atoms with van der Waals surface area (Å²) in [4.78, 5) is 12.7. The highest BCUT2D eigenvalue weighted by molar-refractivity contribution is 5.69. The molecule has 0 saturated carbocycles. The SMILES string of the molecule is CCCCCC/C=C\C/C=C\CCCCCCCC(=O)OC(COCCCCCCCCCCCC)COC1OC(CO)C(O)C(O)C1O. The lowest BCUT2D eigenvalue weighted by atomic mass is 9.99. The highest BCUT2D eigenvalue weighted by Crippen LogP contribution is 2.22. The highest BCUT2D eigenvalue weighted by Gasteiger charge is 2.44. The third kappa shape index (κ3) is 24.5. The molecule has 6 unspecified atom stereocenters. The lowest BCUT2D eigenvalue weighted by Gasteiger charge is -2.39. The zero-order valence-electron chi connectivity index (χ0n) is 31.2. The number of ether oxygens (including phenoxy) is 4. The van der Waals surface area contributed by atoms with Crippen molar-refractivity contribution < 1.29 is 44.2 Å². The van der Waals surface area contributed by atoms with Gasteiger partial charge in [0.05, 0.1) is 19.8 Å². The molecule has 0 amide bonds. The predicted molar refractivity (Wildman–Crippen MR) is 196 cm³/mol. The number of hydrogen-bond acceptors (Lipinski definition) is 9. The fraction of sp³-hybridized carbons (Fsp3) is 0.875. The molecule has 6 atom stereocenters. The van der Waals surface area contributed by atoms with Crippen LogP contribution in [0.4, 0.5) is 0 Å². The van der Waals surface area contributed by atoms with E-state index in [-0.39, 0.29) is 19.2 Å². The first-order valence-corrected chi connectivity index (χ1v) is 19.9. The maximum atomic E-state index is 12.7. The minimum absolute atomic E-state index is 0.116. The van der Waals surface area contributed by atoms with Gasteiger partial charge in [-0.25, -0.2) is 0 Å². The lowest BCUT2D eigenvalue weighted by Crippen LogP contribution is -2.59. The summed E-state index contributed by atoms with van der Waals surface area (Å²) in [6, 6.07) is 0. The molecule has 9 heteroatoms. The molecule has 0 aliphatic carbocycles. The summed E-state index contributed by atoms with van der Waals surface area (Å²) < 4.78 is 22.7. The van der Waals surface area contributed by atoms with Crippen LogP contribution in [0.3, 0.4) is 0 Å². The Bertz CT molecular complexity index is 803. The fourth-order valence-electron chi connectivity index (χ4n) is 5.93. The zero-order valence-corrected chi connectivity index (χ0v) is 31.2. The molecule has 1 fully saturated rings. The van der Waals surface area contributed by atoms with Crippen molar-refractivity contribution in [2.24, 2.45) is 0 Å². The first-order chi connectivity index (χ1) is 23.9. The van der Waals surface area contributed by atoms with E-state index in [1.165, 1.54) is 83.5 Å². The van der Waals surface area contributed by atoms with Gasteiger partial charge in [-0.15, -0.1) is 0 Å². The molecule has 0 spiro atoms. The van der Waals surface area contributed by atoms with Crippen LogP contribution in [-0.2, 0) is 23.7 Å². The van der Waals surface area contributed by atoms with Crippen LogP contribution in [0.1, 0.15) is 162 Å². The highest BCUT2D eigenvalue weighted by atomic mass is 16.7. The number of carbonyl (C=O) groups is 1. The molecular formula is C40H74O9. The second-order valence-corrected chi connectivity index (χ2v) is 13.7. The molecule has 0 bridgehead atoms. The lowest BCUT2D eigenvalue weighted by molar-refractivity contribution is -0.305. The van der Waals surface area contributed by atoms with Crippen LogP contribution in [0, 0.1) is 0 Å². The number of aliphatic hydroxyl groups is 4. The van der Waals surface area contributed by atoms with E-state index in [0.29, 0.717) is 13.0 Å². The van der Waals surface area contributed by atoms with Gasteiger partial charge in [-0.2, -0.15) is 0 Å². The third-order valence-electron chi connectivity index (χ3n) is 9.12. The van der Waals surface area contributed by atoms with E-state index < -0.39 is 43.4 Å². The maximum Gasteiger partial charge on any atom is 0.306 e. The molecule has 1 saturated heterocycles. The average molecular weight is 699 g/mol. The topological polar surface area (TPSA) is 135 Å². The van der Waals surface area contributed by atoms with Gasteiger partial charge in [0.25, 0.3) is 0 Å². The molecule has 9 nitrogen and oxygen atoms in total. The Labute approximate surface area is 298 Å². The summed E-state index contributed by atoms with van der Waals surface area (Å²) in [6.45, 7) is 4.51. The normalized spacial score (nSPS) is 22.0. The Morgan fingerprint density at radius 2 is 1.18 bits per heavy atom. The molecule has 0 aromatic carbocycles. The molecule has 288 valence electrons. The van der Waals surface area contributed by atoms with Gasteiger partial charge in [-0.1, -0.05) is 134 Å². The molecule has 0 aromatic heterocycles. The number of aliphatic hydroxyl groups excluding tert-OH is 4. The van der Waals surface area contributed by atoms with E-state index >= 15 is 0 Å². The molecule has 4 N–H and O–H groups in total. The van der Waals surface area contributed by atoms with E-state index in [1.54, 1.807) is 0 Å². The van der Waals surface area contributed by atoms with Gasteiger partial charge in [0, 0.05) is 13.0 Å². The largest absolute Gasteiger partial charge is 0.457 e. The molecule has 1 rings (SSSR count). The number of hydrogen-bond donors (Lipinski definition) is 4. The van der Waals surface area contributed by atoms with Gasteiger partial charge < -0.3 is 39.4 Å². The molecule has 1 aliphatic rings. The minimum Gasteiger partial charge on any atom is -0.457 e. The van der Waals surface area contributed by atoms with Crippen molar-refractivity contribution >= 4 is 5.97 Å². The van der Waals surface area contributed by atoms with Gasteiger partial charge in [0.2, 0.25) is 0 Å². The van der Waals surface area contributed by atoms with Crippen LogP contribution in [0.5, 0.6) is 0 Å². The Hall–Kier alpha value is -1.33. The summed E-state index contributed by atoms with van der Waals surface area (Å²) in [5, 5.41) is 39.9. The Kier molecular flexibility index (Phi) is 30.4. The number of carbonyl (C=O) groups excluding carboxylic acids is 1. The van der Waals surface area contributed by atoms with Gasteiger partial charge in [-0.05, 0) is 44.9 Å². The van der Waals surface area contributed by atoms with Crippen molar-refractivity contribution in [3.05, 3.63) is 24.3 Å². The Morgan fingerprint density at radius 3 is 1.78 bits per heavy atom. The van der Waals surface area contributed by atoms with Crippen molar-refractivity contribution in [3.8, 4) is 0 Å². The van der Waals surface area contributed by atoms with Gasteiger partial charge >= 0.3 is 5.97 Å². The smallest absolute Gasteiger partial charge is 0.306 e. The Balaban J connectivity index is 2.32. The summed E-state index contributed by atoms with van der Waals surface area (Å²) in [5.41, 5.74) is 0. The molecule has 1 heterocycles. The molecule has 0 radical (unpaired) electrons. The Morgan fingerprint density at radius 1 is 0.653 bits per heavy atom. The first-order valence-electron chi connectivity index (χ1n) is 19.9. The number of rotatable bonds is 33. The summed E-state index contributed by atoms with van der Waals surface area (Å²) in [6.07, 6.45) is 27.7. The number of unbranched alkanes of at least 4 members (excludes halogenated alkanes) is 18. The standard InChI is InChI=1S/C40H74O9/c1-3-5-7-9-11-13-15-16-17-18-19-20-21-23-25-27-29-36(42)48-34(32-46-30-28-26-24-22-14-12-10-8-6-4-2)33-47-40-39(45)38(44)37(43)35(31-41)49-40/h13,15,17-18,34-35,37-41,43-45H,3-12,14,16,19-33H2,1-2H3/b15-13-,18-17-. The van der Waals surface area contributed by atoms with Crippen molar-refractivity contribution in [2.75, 3.05) is 26.4 Å². The first kappa shape index (κ1) is 45.7. The van der Waals surface area contributed by atoms with E-state index in [1.807, 2.05) is 0 Å². The average Bonchev–Trinajstić information content (AvgIpc) is 3.10. The van der Waals surface area contributed by atoms with Crippen molar-refractivity contribution in [3.63, 3.8) is 0 Å². The van der Waals surface area contributed by atoms with Crippen LogP contribution < -0.4 is 0 Å². The van der Waals surface area contributed by atoms with Gasteiger partial charge in [-0.3, -0.25) is 4.79 Å². The van der Waals surface area contributed by atoms with E-state index in [0.717, 1.165) is 57.8 Å². The second kappa shape index (κ2) is 32.6. The van der Waals surface area contributed by atoms with E-state index in [2.05, 4.69) is 38.2 Å². The second-order valence-electron chi connectivity index (χ2n) is 13.7. The molecule has 0 aromatic rings. The quantitative estimate of drug-likeness (QED) is 0.0307. The van der Waals surface area contributed by atoms with Gasteiger partial charge in [0.15, 0.2) is 6.29 Å². The summed E-state index contributed by atoms with van der Waals surface area (Å²) >= 11 is 0. The van der Waals surface area contributed by atoms with E-state index in [9.17, 15) is 25.2 Å². The molecule has 1 aliphatic heterocycles. The van der Waals surface area contributed by atoms with Crippen molar-refractivity contribution in [1.82, 2.24) is 0 Å². The van der Waals surface area contributed by atoms with Crippen molar-refractivity contribution in [1.29, 1.82) is 0 Å². The zero-order chi connectivity index (χ0) is 35.8. The van der Waals surface area contributed by atoms with E-state index in [4.69, 9.17) is 18.9 Å². The summed E-state index contributed by atoms with van der Waals surface area (Å²) in [7, 11) is 0. The monoisotopic (exact) mass is 699 g/mol. The number of allylic oxidation sites excluding steroid dienone is 4. The van der Waals surface area contributed by atoms with Crippen LogP contribution in [0.15, 0.2) is 24.3 Å². The third-order valence-corrected chi connectivity index (χ3v) is 9.12. The predicted octanol–water partition coefficient (Wildman–Crippen LogP) is 7.86. The van der Waals surface area contributed by atoms with Crippen molar-refractivity contribution in [2.45, 2.75) is 198 Å². The minimum atomic E-state index is -1.53. The van der Waals surface area contributed by atoms with Crippen LogP contribution in [-0.4, -0.2) is 89.6 Å².